The number of rotatable bonds is 5. The quantitative estimate of drug-likeness (QED) is 0.671. The van der Waals surface area contributed by atoms with Gasteiger partial charge in [-0.25, -0.2) is 4.39 Å². The number of nitrogens with zero attached hydrogens (tertiary/aromatic N) is 2. The van der Waals surface area contributed by atoms with Gasteiger partial charge in [0, 0.05) is 19.2 Å². The van der Waals surface area contributed by atoms with Gasteiger partial charge in [0.05, 0.1) is 12.2 Å². The van der Waals surface area contributed by atoms with Crippen LogP contribution in [0.4, 0.5) is 17.6 Å². The predicted molar refractivity (Wildman–Crippen MR) is 68.9 cm³/mol. The summed E-state index contributed by atoms with van der Waals surface area (Å²) in [5.41, 5.74) is -0.306. The van der Waals surface area contributed by atoms with Gasteiger partial charge in [-0.2, -0.15) is 18.2 Å². The second kappa shape index (κ2) is 6.73. The first-order valence-corrected chi connectivity index (χ1v) is 6.31. The summed E-state index contributed by atoms with van der Waals surface area (Å²) in [5.74, 6) is -3.55. The first-order valence-electron chi connectivity index (χ1n) is 6.31. The number of amides is 1. The molecule has 0 bridgehead atoms. The van der Waals surface area contributed by atoms with E-state index in [1.54, 1.807) is 0 Å². The lowest BCUT2D eigenvalue weighted by atomic mass is 10.1. The fraction of sp³-hybridized carbons (Fsp3) is 0.308. The van der Waals surface area contributed by atoms with E-state index in [1.807, 2.05) is 0 Å². The van der Waals surface area contributed by atoms with E-state index >= 15 is 0 Å². The number of carbonyl (C=O) groups excluding carboxylic acids is 1. The van der Waals surface area contributed by atoms with E-state index in [9.17, 15) is 22.4 Å². The average Bonchev–Trinajstić information content (AvgIpc) is 2.97. The van der Waals surface area contributed by atoms with Crippen LogP contribution in [0.2, 0.25) is 0 Å². The maximum absolute atomic E-state index is 13.9. The number of ether oxygens (including phenoxy) is 1. The molecule has 2 aromatic rings. The summed E-state index contributed by atoms with van der Waals surface area (Å²) in [5, 5.41) is 5.56. The molecule has 1 heterocycles. The molecule has 0 aliphatic rings. The highest BCUT2D eigenvalue weighted by molar-refractivity contribution is 5.94. The number of hydrogen-bond acceptors (Lipinski definition) is 5. The molecular formula is C13H11F4N3O3. The lowest BCUT2D eigenvalue weighted by Crippen LogP contribution is -2.27. The van der Waals surface area contributed by atoms with Crippen LogP contribution in [0, 0.1) is 5.82 Å². The van der Waals surface area contributed by atoms with Gasteiger partial charge in [0.2, 0.25) is 5.82 Å². The summed E-state index contributed by atoms with van der Waals surface area (Å²) < 4.78 is 59.9. The third-order valence-corrected chi connectivity index (χ3v) is 2.73. The molecule has 0 saturated carbocycles. The predicted octanol–water partition coefficient (Wildman–Crippen LogP) is 2.27. The molecule has 1 aromatic heterocycles. The van der Waals surface area contributed by atoms with Gasteiger partial charge in [-0.1, -0.05) is 11.2 Å². The van der Waals surface area contributed by atoms with Gasteiger partial charge in [-0.05, 0) is 12.1 Å². The van der Waals surface area contributed by atoms with E-state index in [1.165, 1.54) is 13.2 Å². The van der Waals surface area contributed by atoms with Crippen LogP contribution < -0.4 is 5.32 Å². The molecule has 23 heavy (non-hydrogen) atoms. The van der Waals surface area contributed by atoms with Crippen LogP contribution >= 0.6 is 0 Å². The van der Waals surface area contributed by atoms with Crippen LogP contribution in [-0.2, 0) is 10.9 Å². The highest BCUT2D eigenvalue weighted by Crippen LogP contribution is 2.29. The van der Waals surface area contributed by atoms with Crippen LogP contribution in [0.3, 0.4) is 0 Å². The molecule has 6 nitrogen and oxygen atoms in total. The highest BCUT2D eigenvalue weighted by Gasteiger charge is 2.38. The first kappa shape index (κ1) is 16.9. The molecule has 10 heteroatoms. The Balaban J connectivity index is 2.19. The van der Waals surface area contributed by atoms with Crippen molar-refractivity contribution in [1.29, 1.82) is 0 Å². The lowest BCUT2D eigenvalue weighted by molar-refractivity contribution is -0.159. The number of methoxy groups -OCH3 is 1. The number of hydrogen-bond donors (Lipinski definition) is 1. The van der Waals surface area contributed by atoms with Crippen molar-refractivity contribution in [3.8, 4) is 11.4 Å². The van der Waals surface area contributed by atoms with Gasteiger partial charge >= 0.3 is 12.1 Å². The van der Waals surface area contributed by atoms with E-state index in [-0.39, 0.29) is 24.3 Å². The van der Waals surface area contributed by atoms with E-state index in [0.717, 1.165) is 12.1 Å². The Labute approximate surface area is 127 Å². The molecule has 124 valence electrons. The fourth-order valence-corrected chi connectivity index (χ4v) is 1.66. The van der Waals surface area contributed by atoms with E-state index in [4.69, 9.17) is 4.74 Å². The average molecular weight is 333 g/mol. The second-order valence-electron chi connectivity index (χ2n) is 4.36. The summed E-state index contributed by atoms with van der Waals surface area (Å²) in [6, 6.07) is 3.20. The first-order chi connectivity index (χ1) is 10.8. The van der Waals surface area contributed by atoms with Gasteiger partial charge < -0.3 is 14.6 Å². The van der Waals surface area contributed by atoms with Gasteiger partial charge in [-0.3, -0.25) is 4.79 Å². The Bertz CT molecular complexity index is 700. The molecule has 0 unspecified atom stereocenters. The SMILES string of the molecule is COCCNC(=O)c1ccc(-c2noc(C(F)(F)F)n2)cc1F. The van der Waals surface area contributed by atoms with Crippen molar-refractivity contribution in [3.05, 3.63) is 35.5 Å². The molecule has 1 amide bonds. The monoisotopic (exact) mass is 333 g/mol. The second-order valence-corrected chi connectivity index (χ2v) is 4.36. The number of benzene rings is 1. The largest absolute Gasteiger partial charge is 0.471 e. The summed E-state index contributed by atoms with van der Waals surface area (Å²) >= 11 is 0. The summed E-state index contributed by atoms with van der Waals surface area (Å²) in [4.78, 5) is 14.9. The van der Waals surface area contributed by atoms with Crippen molar-refractivity contribution in [2.24, 2.45) is 0 Å². The standard InChI is InChI=1S/C13H11F4N3O3/c1-22-5-4-18-11(21)8-3-2-7(6-9(8)14)10-19-12(23-20-10)13(15,16)17/h2-3,6H,4-5H2,1H3,(H,18,21). The summed E-state index contributed by atoms with van der Waals surface area (Å²) in [6.07, 6.45) is -4.79. The fourth-order valence-electron chi connectivity index (χ4n) is 1.66. The molecule has 0 aliphatic carbocycles. The molecule has 0 aliphatic heterocycles. The zero-order valence-corrected chi connectivity index (χ0v) is 11.8. The Morgan fingerprint density at radius 3 is 2.70 bits per heavy atom. The number of halogens is 4. The van der Waals surface area contributed by atoms with Crippen molar-refractivity contribution in [3.63, 3.8) is 0 Å². The highest BCUT2D eigenvalue weighted by atomic mass is 19.4. The Morgan fingerprint density at radius 1 is 1.39 bits per heavy atom. The van der Waals surface area contributed by atoms with Gasteiger partial charge in [-0.15, -0.1) is 0 Å². The van der Waals surface area contributed by atoms with Crippen LogP contribution in [0.25, 0.3) is 11.4 Å². The van der Waals surface area contributed by atoms with Crippen molar-refractivity contribution in [2.45, 2.75) is 6.18 Å². The Hall–Kier alpha value is -2.49. The number of carbonyl (C=O) groups is 1. The maximum atomic E-state index is 13.9. The van der Waals surface area contributed by atoms with Crippen molar-refractivity contribution >= 4 is 5.91 Å². The number of aromatic nitrogens is 2. The molecular weight excluding hydrogens is 322 g/mol. The normalized spacial score (nSPS) is 11.5. The molecule has 0 atom stereocenters. The summed E-state index contributed by atoms with van der Waals surface area (Å²) in [7, 11) is 1.45. The number of alkyl halides is 3. The lowest BCUT2D eigenvalue weighted by Gasteiger charge is -2.06. The van der Waals surface area contributed by atoms with E-state index < -0.39 is 29.6 Å². The third-order valence-electron chi connectivity index (χ3n) is 2.73. The third kappa shape index (κ3) is 4.03. The summed E-state index contributed by atoms with van der Waals surface area (Å²) in [6.45, 7) is 0.449. The van der Waals surface area contributed by atoms with E-state index in [2.05, 4.69) is 20.0 Å². The zero-order valence-electron chi connectivity index (χ0n) is 11.8. The molecule has 0 spiro atoms. The minimum Gasteiger partial charge on any atom is -0.383 e. The van der Waals surface area contributed by atoms with Crippen molar-refractivity contribution in [1.82, 2.24) is 15.5 Å². The number of nitrogens with one attached hydrogen (secondary N) is 1. The molecule has 0 fully saturated rings. The Morgan fingerprint density at radius 2 is 2.13 bits per heavy atom. The van der Waals surface area contributed by atoms with Gasteiger partial charge in [0.25, 0.3) is 5.91 Å². The van der Waals surface area contributed by atoms with Crippen LogP contribution in [0.5, 0.6) is 0 Å². The van der Waals surface area contributed by atoms with Crippen LogP contribution in [-0.4, -0.2) is 36.3 Å². The van der Waals surface area contributed by atoms with E-state index in [0.29, 0.717) is 0 Å². The topological polar surface area (TPSA) is 77.2 Å². The molecule has 0 radical (unpaired) electrons. The Kier molecular flexibility index (Phi) is 4.94. The smallest absolute Gasteiger partial charge is 0.383 e. The van der Waals surface area contributed by atoms with Gasteiger partial charge in [0.1, 0.15) is 5.82 Å². The molecule has 1 N–H and O–H groups in total. The maximum Gasteiger partial charge on any atom is 0.471 e. The molecule has 2 rings (SSSR count). The zero-order chi connectivity index (χ0) is 17.0. The van der Waals surface area contributed by atoms with Crippen molar-refractivity contribution in [2.75, 3.05) is 20.3 Å². The van der Waals surface area contributed by atoms with Crippen LogP contribution in [0.15, 0.2) is 22.7 Å². The molecule has 1 aromatic carbocycles. The van der Waals surface area contributed by atoms with Crippen molar-refractivity contribution < 1.29 is 31.6 Å². The van der Waals surface area contributed by atoms with Gasteiger partial charge in [0.15, 0.2) is 0 Å². The molecule has 0 saturated heterocycles. The minimum atomic E-state index is -4.79. The van der Waals surface area contributed by atoms with Crippen LogP contribution in [0.1, 0.15) is 16.2 Å². The minimum absolute atomic E-state index is 0.0461.